The standard InChI is InChI=1S/C23H15ClFIN2O3/c24-17-4-8-20-16(10-17)11-22(31-20)23(29)28-27-12-15-3-7-21(19(26)9-15)30-13-14-1-5-18(25)6-2-14/h1-12H,13H2,(H,28,29)/b27-12+. The van der Waals surface area contributed by atoms with Crippen molar-refractivity contribution in [3.8, 4) is 5.75 Å². The van der Waals surface area contributed by atoms with Crippen molar-refractivity contribution in [1.29, 1.82) is 0 Å². The molecule has 0 spiro atoms. The lowest BCUT2D eigenvalue weighted by molar-refractivity contribution is 0.0929. The van der Waals surface area contributed by atoms with Crippen LogP contribution in [0.1, 0.15) is 21.7 Å². The van der Waals surface area contributed by atoms with E-state index in [4.69, 9.17) is 20.8 Å². The number of rotatable bonds is 6. The normalized spacial score (nSPS) is 11.2. The minimum atomic E-state index is -0.461. The Morgan fingerprint density at radius 3 is 2.71 bits per heavy atom. The van der Waals surface area contributed by atoms with E-state index < -0.39 is 5.91 Å². The van der Waals surface area contributed by atoms with Crippen LogP contribution in [-0.2, 0) is 6.61 Å². The molecule has 3 aromatic carbocycles. The molecule has 1 N–H and O–H groups in total. The number of amides is 1. The fourth-order valence-electron chi connectivity index (χ4n) is 2.80. The van der Waals surface area contributed by atoms with Crippen molar-refractivity contribution in [3.05, 3.63) is 98.0 Å². The average Bonchev–Trinajstić information content (AvgIpc) is 3.17. The maximum Gasteiger partial charge on any atom is 0.307 e. The fourth-order valence-corrected chi connectivity index (χ4v) is 3.68. The van der Waals surface area contributed by atoms with Gasteiger partial charge in [-0.15, -0.1) is 0 Å². The molecule has 0 unspecified atom stereocenters. The predicted octanol–water partition coefficient (Wildman–Crippen LogP) is 6.17. The second kappa shape index (κ2) is 9.49. The zero-order valence-electron chi connectivity index (χ0n) is 15.9. The molecule has 1 amide bonds. The largest absolute Gasteiger partial charge is 0.488 e. The Labute approximate surface area is 196 Å². The van der Waals surface area contributed by atoms with E-state index >= 15 is 0 Å². The Morgan fingerprint density at radius 1 is 1.13 bits per heavy atom. The first-order valence-electron chi connectivity index (χ1n) is 9.17. The highest BCUT2D eigenvalue weighted by Gasteiger charge is 2.11. The number of hydrogen-bond acceptors (Lipinski definition) is 4. The minimum absolute atomic E-state index is 0.147. The zero-order chi connectivity index (χ0) is 21.8. The molecule has 0 saturated heterocycles. The van der Waals surface area contributed by atoms with Gasteiger partial charge in [-0.1, -0.05) is 23.7 Å². The fraction of sp³-hybridized carbons (Fsp3) is 0.0435. The lowest BCUT2D eigenvalue weighted by atomic mass is 10.2. The van der Waals surface area contributed by atoms with Crippen LogP contribution in [0.25, 0.3) is 11.0 Å². The molecule has 0 aliphatic carbocycles. The van der Waals surface area contributed by atoms with Crippen LogP contribution >= 0.6 is 34.2 Å². The van der Waals surface area contributed by atoms with E-state index in [9.17, 15) is 9.18 Å². The van der Waals surface area contributed by atoms with Crippen LogP contribution in [0.3, 0.4) is 0 Å². The Hall–Kier alpha value is -2.91. The summed E-state index contributed by atoms with van der Waals surface area (Å²) in [7, 11) is 0. The number of nitrogens with one attached hydrogen (secondary N) is 1. The summed E-state index contributed by atoms with van der Waals surface area (Å²) in [6.45, 7) is 0.336. The van der Waals surface area contributed by atoms with Gasteiger partial charge < -0.3 is 9.15 Å². The van der Waals surface area contributed by atoms with Gasteiger partial charge in [0.15, 0.2) is 5.76 Å². The minimum Gasteiger partial charge on any atom is -0.488 e. The van der Waals surface area contributed by atoms with Gasteiger partial charge in [-0.2, -0.15) is 5.10 Å². The number of nitrogens with zero attached hydrogens (tertiary/aromatic N) is 1. The van der Waals surface area contributed by atoms with E-state index in [1.165, 1.54) is 18.3 Å². The molecule has 0 aliphatic heterocycles. The Kier molecular flexibility index (Phi) is 6.53. The molecule has 156 valence electrons. The van der Waals surface area contributed by atoms with Gasteiger partial charge in [0.25, 0.3) is 0 Å². The summed E-state index contributed by atoms with van der Waals surface area (Å²) in [4.78, 5) is 12.3. The molecule has 0 bridgehead atoms. The number of fused-ring (bicyclic) bond motifs is 1. The number of carbonyl (C=O) groups excluding carboxylic acids is 1. The van der Waals surface area contributed by atoms with Crippen LogP contribution in [0.2, 0.25) is 5.02 Å². The highest BCUT2D eigenvalue weighted by atomic mass is 127. The number of furan rings is 1. The van der Waals surface area contributed by atoms with Gasteiger partial charge in [0.1, 0.15) is 23.8 Å². The number of halogens is 3. The smallest absolute Gasteiger partial charge is 0.307 e. The van der Waals surface area contributed by atoms with E-state index in [1.807, 2.05) is 18.2 Å². The topological polar surface area (TPSA) is 63.8 Å². The molecule has 1 aromatic heterocycles. The number of ether oxygens (including phenoxy) is 1. The van der Waals surface area contributed by atoms with Crippen LogP contribution in [0, 0.1) is 9.39 Å². The average molecular weight is 549 g/mol. The van der Waals surface area contributed by atoms with Crippen molar-refractivity contribution in [2.24, 2.45) is 5.10 Å². The van der Waals surface area contributed by atoms with Crippen LogP contribution < -0.4 is 10.2 Å². The molecule has 0 atom stereocenters. The molecule has 0 fully saturated rings. The van der Waals surface area contributed by atoms with Crippen LogP contribution in [0.15, 0.2) is 76.2 Å². The quantitative estimate of drug-likeness (QED) is 0.178. The lowest BCUT2D eigenvalue weighted by Crippen LogP contribution is -2.16. The van der Waals surface area contributed by atoms with Crippen molar-refractivity contribution in [3.63, 3.8) is 0 Å². The number of benzene rings is 3. The predicted molar refractivity (Wildman–Crippen MR) is 126 cm³/mol. The van der Waals surface area contributed by atoms with Crippen molar-refractivity contribution in [2.45, 2.75) is 6.61 Å². The Balaban J connectivity index is 1.36. The van der Waals surface area contributed by atoms with Gasteiger partial charge in [-0.3, -0.25) is 4.79 Å². The lowest BCUT2D eigenvalue weighted by Gasteiger charge is -2.09. The number of hydrazone groups is 1. The summed E-state index contributed by atoms with van der Waals surface area (Å²) in [6.07, 6.45) is 1.53. The van der Waals surface area contributed by atoms with E-state index in [1.54, 1.807) is 36.4 Å². The zero-order valence-corrected chi connectivity index (χ0v) is 18.9. The van der Waals surface area contributed by atoms with Crippen LogP contribution in [0.4, 0.5) is 4.39 Å². The van der Waals surface area contributed by atoms with Crippen molar-refractivity contribution in [2.75, 3.05) is 0 Å². The van der Waals surface area contributed by atoms with Gasteiger partial charge >= 0.3 is 5.91 Å². The molecule has 8 heteroatoms. The van der Waals surface area contributed by atoms with Gasteiger partial charge in [0.2, 0.25) is 0 Å². The summed E-state index contributed by atoms with van der Waals surface area (Å²) < 4.78 is 25.2. The first kappa shape index (κ1) is 21.3. The van der Waals surface area contributed by atoms with Crippen LogP contribution in [-0.4, -0.2) is 12.1 Å². The number of hydrogen-bond donors (Lipinski definition) is 1. The Morgan fingerprint density at radius 2 is 1.94 bits per heavy atom. The third-order valence-electron chi connectivity index (χ3n) is 4.35. The third kappa shape index (κ3) is 5.42. The summed E-state index contributed by atoms with van der Waals surface area (Å²) in [6, 6.07) is 18.4. The van der Waals surface area contributed by atoms with E-state index in [0.29, 0.717) is 23.0 Å². The molecule has 31 heavy (non-hydrogen) atoms. The molecule has 0 aliphatic rings. The van der Waals surface area contributed by atoms with Crippen molar-refractivity contribution >= 4 is 57.3 Å². The molecule has 4 rings (SSSR count). The first-order chi connectivity index (χ1) is 15.0. The molecular formula is C23H15ClFIN2O3. The summed E-state index contributed by atoms with van der Waals surface area (Å²) in [5, 5.41) is 5.30. The summed E-state index contributed by atoms with van der Waals surface area (Å²) in [5.41, 5.74) is 4.68. The maximum atomic E-state index is 13.0. The summed E-state index contributed by atoms with van der Waals surface area (Å²) in [5.74, 6) is 0.108. The van der Waals surface area contributed by atoms with Gasteiger partial charge in [0.05, 0.1) is 9.78 Å². The SMILES string of the molecule is O=C(N/N=C/c1ccc(OCc2ccc(F)cc2)c(I)c1)c1cc2cc(Cl)ccc2o1. The van der Waals surface area contributed by atoms with Gasteiger partial charge in [0, 0.05) is 10.4 Å². The molecule has 0 radical (unpaired) electrons. The molecule has 0 saturated carbocycles. The van der Waals surface area contributed by atoms with Crippen LogP contribution in [0.5, 0.6) is 5.75 Å². The van der Waals surface area contributed by atoms with Crippen molar-refractivity contribution in [1.82, 2.24) is 5.43 Å². The molecular weight excluding hydrogens is 534 g/mol. The maximum absolute atomic E-state index is 13.0. The monoisotopic (exact) mass is 548 g/mol. The van der Waals surface area contributed by atoms with Crippen molar-refractivity contribution < 1.29 is 18.3 Å². The molecule has 5 nitrogen and oxygen atoms in total. The second-order valence-corrected chi connectivity index (χ2v) is 8.20. The van der Waals surface area contributed by atoms with E-state index in [2.05, 4.69) is 33.1 Å². The number of carbonyl (C=O) groups is 1. The third-order valence-corrected chi connectivity index (χ3v) is 5.42. The molecule has 4 aromatic rings. The van der Waals surface area contributed by atoms with E-state index in [0.717, 1.165) is 20.1 Å². The second-order valence-electron chi connectivity index (χ2n) is 6.60. The summed E-state index contributed by atoms with van der Waals surface area (Å²) >= 11 is 8.11. The molecule has 1 heterocycles. The first-order valence-corrected chi connectivity index (χ1v) is 10.6. The highest BCUT2D eigenvalue weighted by Crippen LogP contribution is 2.24. The highest BCUT2D eigenvalue weighted by molar-refractivity contribution is 14.1. The van der Waals surface area contributed by atoms with Gasteiger partial charge in [-0.05, 0) is 88.3 Å². The van der Waals surface area contributed by atoms with E-state index in [-0.39, 0.29) is 11.6 Å². The Bertz CT molecular complexity index is 1270. The van der Waals surface area contributed by atoms with Gasteiger partial charge in [-0.25, -0.2) is 9.82 Å².